The summed E-state index contributed by atoms with van der Waals surface area (Å²) in [5.74, 6) is 0.419. The lowest BCUT2D eigenvalue weighted by Crippen LogP contribution is -2.29. The molecule has 0 heterocycles. The van der Waals surface area contributed by atoms with Gasteiger partial charge in [0.25, 0.3) is 0 Å². The van der Waals surface area contributed by atoms with Crippen molar-refractivity contribution in [3.8, 4) is 6.07 Å². The van der Waals surface area contributed by atoms with Crippen LogP contribution in [0.5, 0.6) is 0 Å². The molecule has 0 atom stereocenters. The summed E-state index contributed by atoms with van der Waals surface area (Å²) < 4.78 is 23.0. The lowest BCUT2D eigenvalue weighted by molar-refractivity contribution is 0.601. The van der Waals surface area contributed by atoms with Crippen LogP contribution in [0, 0.1) is 17.2 Å². The zero-order valence-electron chi connectivity index (χ0n) is 12.1. The molecule has 110 valence electrons. The number of benzene rings is 1. The molecule has 0 aliphatic rings. The Hall–Kier alpha value is -1.74. The third-order valence-electron chi connectivity index (χ3n) is 2.85. The van der Waals surface area contributed by atoms with Gasteiger partial charge < -0.3 is 10.6 Å². The third kappa shape index (κ3) is 4.42. The van der Waals surface area contributed by atoms with Crippen molar-refractivity contribution < 1.29 is 8.42 Å². The minimum Gasteiger partial charge on any atom is -0.397 e. The second-order valence-corrected chi connectivity index (χ2v) is 7.26. The first kappa shape index (κ1) is 16.3. The second kappa shape index (κ2) is 6.62. The van der Waals surface area contributed by atoms with Crippen LogP contribution < -0.4 is 10.6 Å². The Bertz CT molecular complexity index is 603. The number of hydrogen-bond acceptors (Lipinski definition) is 5. The Labute approximate surface area is 120 Å². The fourth-order valence-corrected chi connectivity index (χ4v) is 2.64. The van der Waals surface area contributed by atoms with Crippen molar-refractivity contribution in [1.29, 1.82) is 5.26 Å². The molecule has 0 saturated heterocycles. The van der Waals surface area contributed by atoms with Gasteiger partial charge >= 0.3 is 0 Å². The van der Waals surface area contributed by atoms with Crippen LogP contribution in [0.15, 0.2) is 23.1 Å². The van der Waals surface area contributed by atoms with Crippen LogP contribution in [-0.4, -0.2) is 27.8 Å². The molecule has 0 radical (unpaired) electrons. The average molecular weight is 295 g/mol. The standard InChI is InChI=1S/C14H21N3O2S/c1-11(2)10-17(8-4-7-15)14-6-5-12(9-13(14)16)20(3,18)19/h5-6,9,11H,4,8,10,16H2,1-3H3. The van der Waals surface area contributed by atoms with Crippen LogP contribution in [-0.2, 0) is 9.84 Å². The maximum atomic E-state index is 11.5. The van der Waals surface area contributed by atoms with Gasteiger partial charge in [-0.1, -0.05) is 13.8 Å². The van der Waals surface area contributed by atoms with Gasteiger partial charge in [0.05, 0.1) is 28.8 Å². The largest absolute Gasteiger partial charge is 0.397 e. The van der Waals surface area contributed by atoms with Gasteiger partial charge in [0.1, 0.15) is 0 Å². The maximum Gasteiger partial charge on any atom is 0.175 e. The van der Waals surface area contributed by atoms with E-state index >= 15 is 0 Å². The smallest absolute Gasteiger partial charge is 0.175 e. The van der Waals surface area contributed by atoms with Crippen LogP contribution in [0.1, 0.15) is 20.3 Å². The van der Waals surface area contributed by atoms with E-state index in [-0.39, 0.29) is 4.90 Å². The van der Waals surface area contributed by atoms with E-state index in [1.54, 1.807) is 12.1 Å². The molecule has 1 rings (SSSR count). The topological polar surface area (TPSA) is 87.2 Å². The predicted octanol–water partition coefficient (Wildman–Crippen LogP) is 2.05. The normalized spacial score (nSPS) is 11.3. The Morgan fingerprint density at radius 2 is 2.05 bits per heavy atom. The number of hydrogen-bond donors (Lipinski definition) is 1. The van der Waals surface area contributed by atoms with Crippen LogP contribution in [0.2, 0.25) is 0 Å². The molecule has 0 amide bonds. The maximum absolute atomic E-state index is 11.5. The molecule has 0 aliphatic carbocycles. The van der Waals surface area contributed by atoms with Crippen molar-refractivity contribution in [3.05, 3.63) is 18.2 Å². The zero-order chi connectivity index (χ0) is 15.3. The third-order valence-corrected chi connectivity index (χ3v) is 3.96. The van der Waals surface area contributed by atoms with E-state index in [1.807, 2.05) is 4.90 Å². The van der Waals surface area contributed by atoms with Crippen LogP contribution >= 0.6 is 0 Å². The first-order valence-corrected chi connectivity index (χ1v) is 8.36. The van der Waals surface area contributed by atoms with Gasteiger partial charge in [0.2, 0.25) is 0 Å². The highest BCUT2D eigenvalue weighted by atomic mass is 32.2. The Morgan fingerprint density at radius 1 is 1.40 bits per heavy atom. The predicted molar refractivity (Wildman–Crippen MR) is 81.2 cm³/mol. The summed E-state index contributed by atoms with van der Waals surface area (Å²) >= 11 is 0. The molecule has 0 bridgehead atoms. The first-order chi connectivity index (χ1) is 9.25. The van der Waals surface area contributed by atoms with Gasteiger partial charge in [-0.15, -0.1) is 0 Å². The van der Waals surface area contributed by atoms with Gasteiger partial charge in [-0.3, -0.25) is 0 Å². The summed E-state index contributed by atoms with van der Waals surface area (Å²) in [7, 11) is -3.26. The Kier molecular flexibility index (Phi) is 5.40. The number of nitrogens with zero attached hydrogens (tertiary/aromatic N) is 2. The minimum absolute atomic E-state index is 0.212. The monoisotopic (exact) mass is 295 g/mol. The van der Waals surface area contributed by atoms with Crippen molar-refractivity contribution in [1.82, 2.24) is 0 Å². The van der Waals surface area contributed by atoms with Crippen molar-refractivity contribution in [3.63, 3.8) is 0 Å². The molecule has 0 aliphatic heterocycles. The number of nitrogens with two attached hydrogens (primary N) is 1. The van der Waals surface area contributed by atoms with E-state index in [9.17, 15) is 8.42 Å². The molecular formula is C14H21N3O2S. The van der Waals surface area contributed by atoms with Gasteiger partial charge in [-0.2, -0.15) is 5.26 Å². The lowest BCUT2D eigenvalue weighted by atomic mass is 10.1. The van der Waals surface area contributed by atoms with E-state index in [4.69, 9.17) is 11.0 Å². The van der Waals surface area contributed by atoms with Crippen LogP contribution in [0.3, 0.4) is 0 Å². The van der Waals surface area contributed by atoms with Crippen molar-refractivity contribution in [2.45, 2.75) is 25.2 Å². The van der Waals surface area contributed by atoms with Gasteiger partial charge in [-0.05, 0) is 24.1 Å². The fraction of sp³-hybridized carbons (Fsp3) is 0.500. The van der Waals surface area contributed by atoms with Gasteiger partial charge in [0.15, 0.2) is 9.84 Å². The molecule has 0 fully saturated rings. The van der Waals surface area contributed by atoms with Crippen molar-refractivity contribution >= 4 is 21.2 Å². The summed E-state index contributed by atoms with van der Waals surface area (Å²) in [6.45, 7) is 5.52. The molecule has 6 heteroatoms. The van der Waals surface area contributed by atoms with Gasteiger partial charge in [-0.25, -0.2) is 8.42 Å². The second-order valence-electron chi connectivity index (χ2n) is 5.24. The molecule has 5 nitrogen and oxygen atoms in total. The highest BCUT2D eigenvalue weighted by Gasteiger charge is 2.14. The van der Waals surface area contributed by atoms with Crippen LogP contribution in [0.25, 0.3) is 0 Å². The Morgan fingerprint density at radius 3 is 2.50 bits per heavy atom. The summed E-state index contributed by atoms with van der Waals surface area (Å²) in [6, 6.07) is 6.86. The molecule has 0 unspecified atom stereocenters. The zero-order valence-corrected chi connectivity index (χ0v) is 12.9. The van der Waals surface area contributed by atoms with Crippen molar-refractivity contribution in [2.75, 3.05) is 30.0 Å². The fourth-order valence-electron chi connectivity index (χ4n) is 1.99. The highest BCUT2D eigenvalue weighted by molar-refractivity contribution is 7.90. The molecule has 2 N–H and O–H groups in total. The molecular weight excluding hydrogens is 274 g/mol. The molecule has 0 aromatic heterocycles. The highest BCUT2D eigenvalue weighted by Crippen LogP contribution is 2.27. The summed E-state index contributed by atoms with van der Waals surface area (Å²) in [4.78, 5) is 2.23. The average Bonchev–Trinajstić information content (AvgIpc) is 2.33. The number of nitriles is 1. The summed E-state index contributed by atoms with van der Waals surface area (Å²) in [5.41, 5.74) is 7.18. The van der Waals surface area contributed by atoms with E-state index in [2.05, 4.69) is 19.9 Å². The van der Waals surface area contributed by atoms with Crippen molar-refractivity contribution in [2.24, 2.45) is 5.92 Å². The van der Waals surface area contributed by atoms with E-state index in [0.717, 1.165) is 18.5 Å². The molecule has 0 spiro atoms. The molecule has 20 heavy (non-hydrogen) atoms. The first-order valence-electron chi connectivity index (χ1n) is 6.47. The number of anilines is 2. The Balaban J connectivity index is 3.11. The summed E-state index contributed by atoms with van der Waals surface area (Å²) in [5, 5.41) is 8.73. The minimum atomic E-state index is -3.26. The number of sulfone groups is 1. The number of nitrogen functional groups attached to an aromatic ring is 1. The van der Waals surface area contributed by atoms with Crippen LogP contribution in [0.4, 0.5) is 11.4 Å². The molecule has 0 saturated carbocycles. The summed E-state index contributed by atoms with van der Waals surface area (Å²) in [6.07, 6.45) is 1.56. The van der Waals surface area contributed by atoms with E-state index < -0.39 is 9.84 Å². The number of rotatable bonds is 6. The van der Waals surface area contributed by atoms with E-state index in [0.29, 0.717) is 24.6 Å². The molecule has 1 aromatic carbocycles. The van der Waals surface area contributed by atoms with E-state index in [1.165, 1.54) is 6.07 Å². The van der Waals surface area contributed by atoms with Gasteiger partial charge in [0, 0.05) is 19.3 Å². The quantitative estimate of drug-likeness (QED) is 0.812. The molecule has 1 aromatic rings. The SMILES string of the molecule is CC(C)CN(CCC#N)c1ccc(S(C)(=O)=O)cc1N. The lowest BCUT2D eigenvalue weighted by Gasteiger charge is -2.27.